The molecule has 3 heteroatoms. The summed E-state index contributed by atoms with van der Waals surface area (Å²) in [4.78, 5) is 11.4. The Bertz CT molecular complexity index is 699. The van der Waals surface area contributed by atoms with Crippen molar-refractivity contribution in [1.29, 1.82) is 0 Å². The lowest BCUT2D eigenvalue weighted by atomic mass is 10.1. The summed E-state index contributed by atoms with van der Waals surface area (Å²) in [5, 5.41) is 0. The molecule has 0 aromatic heterocycles. The zero-order valence-corrected chi connectivity index (χ0v) is 16.4. The Balaban J connectivity index is 1.76. The highest BCUT2D eigenvalue weighted by molar-refractivity contribution is 5.89. The van der Waals surface area contributed by atoms with Gasteiger partial charge in [-0.1, -0.05) is 75.4 Å². The molecule has 0 atom stereocenters. The lowest BCUT2D eigenvalue weighted by molar-refractivity contribution is 0.0600. The second-order valence-electron chi connectivity index (χ2n) is 6.63. The van der Waals surface area contributed by atoms with E-state index in [9.17, 15) is 4.79 Å². The predicted molar refractivity (Wildman–Crippen MR) is 112 cm³/mol. The zero-order chi connectivity index (χ0) is 19.3. The Kier molecular flexibility index (Phi) is 9.19. The van der Waals surface area contributed by atoms with Crippen LogP contribution >= 0.6 is 0 Å². The molecule has 0 amide bonds. The van der Waals surface area contributed by atoms with E-state index in [-0.39, 0.29) is 5.97 Å². The van der Waals surface area contributed by atoms with Crippen LogP contribution < -0.4 is 4.74 Å². The number of hydrogen-bond donors (Lipinski definition) is 0. The number of methoxy groups -OCH3 is 1. The number of rotatable bonds is 11. The van der Waals surface area contributed by atoms with Crippen LogP contribution in [0.25, 0.3) is 12.2 Å². The lowest BCUT2D eigenvalue weighted by Crippen LogP contribution is -2.00. The van der Waals surface area contributed by atoms with Gasteiger partial charge < -0.3 is 9.47 Å². The van der Waals surface area contributed by atoms with Gasteiger partial charge in [0, 0.05) is 0 Å². The van der Waals surface area contributed by atoms with Crippen LogP contribution in [0.4, 0.5) is 0 Å². The Morgan fingerprint density at radius 1 is 0.815 bits per heavy atom. The molecule has 0 saturated carbocycles. The second kappa shape index (κ2) is 11.9. The molecule has 2 rings (SSSR count). The van der Waals surface area contributed by atoms with Gasteiger partial charge in [0.15, 0.2) is 0 Å². The maximum absolute atomic E-state index is 11.4. The Hall–Kier alpha value is -2.55. The third kappa shape index (κ3) is 7.69. The van der Waals surface area contributed by atoms with Crippen LogP contribution in [0.3, 0.4) is 0 Å². The number of hydrogen-bond acceptors (Lipinski definition) is 3. The van der Waals surface area contributed by atoms with Crippen molar-refractivity contribution in [2.75, 3.05) is 13.7 Å². The van der Waals surface area contributed by atoms with Gasteiger partial charge in [-0.15, -0.1) is 0 Å². The fourth-order valence-corrected chi connectivity index (χ4v) is 2.79. The van der Waals surface area contributed by atoms with Gasteiger partial charge in [-0.05, 0) is 41.8 Å². The first-order valence-corrected chi connectivity index (χ1v) is 9.82. The van der Waals surface area contributed by atoms with Crippen molar-refractivity contribution in [2.24, 2.45) is 0 Å². The zero-order valence-electron chi connectivity index (χ0n) is 16.4. The maximum Gasteiger partial charge on any atom is 0.337 e. The Morgan fingerprint density at radius 2 is 1.37 bits per heavy atom. The summed E-state index contributed by atoms with van der Waals surface area (Å²) in [6, 6.07) is 15.5. The average molecular weight is 367 g/mol. The largest absolute Gasteiger partial charge is 0.494 e. The molecule has 3 nitrogen and oxygen atoms in total. The first-order chi connectivity index (χ1) is 13.2. The van der Waals surface area contributed by atoms with Crippen LogP contribution in [0.2, 0.25) is 0 Å². The van der Waals surface area contributed by atoms with Gasteiger partial charge in [0.05, 0.1) is 19.3 Å². The van der Waals surface area contributed by atoms with Gasteiger partial charge in [0.2, 0.25) is 0 Å². The monoisotopic (exact) mass is 366 g/mol. The number of esters is 1. The Morgan fingerprint density at radius 3 is 1.96 bits per heavy atom. The van der Waals surface area contributed by atoms with E-state index in [1.54, 1.807) is 12.1 Å². The summed E-state index contributed by atoms with van der Waals surface area (Å²) in [5.74, 6) is 0.602. The van der Waals surface area contributed by atoms with Gasteiger partial charge in [-0.2, -0.15) is 0 Å². The first kappa shape index (κ1) is 20.8. The fourth-order valence-electron chi connectivity index (χ4n) is 2.79. The minimum absolute atomic E-state index is 0.318. The van der Waals surface area contributed by atoms with Crippen molar-refractivity contribution in [1.82, 2.24) is 0 Å². The molecule has 0 bridgehead atoms. The molecular formula is C24H30O3. The van der Waals surface area contributed by atoms with E-state index in [0.29, 0.717) is 5.56 Å². The highest BCUT2D eigenvalue weighted by atomic mass is 16.5. The fraction of sp³-hybridized carbons (Fsp3) is 0.375. The van der Waals surface area contributed by atoms with E-state index in [1.807, 2.05) is 36.4 Å². The molecule has 0 saturated heterocycles. The predicted octanol–water partition coefficient (Wildman–Crippen LogP) is 6.38. The van der Waals surface area contributed by atoms with Crippen molar-refractivity contribution < 1.29 is 14.3 Å². The van der Waals surface area contributed by atoms with Crippen molar-refractivity contribution in [3.63, 3.8) is 0 Å². The van der Waals surface area contributed by atoms with Crippen molar-refractivity contribution in [3.8, 4) is 5.75 Å². The number of benzene rings is 2. The van der Waals surface area contributed by atoms with E-state index < -0.39 is 0 Å². The topological polar surface area (TPSA) is 35.5 Å². The van der Waals surface area contributed by atoms with E-state index >= 15 is 0 Å². The molecule has 0 unspecified atom stereocenters. The van der Waals surface area contributed by atoms with Gasteiger partial charge in [-0.3, -0.25) is 0 Å². The summed E-state index contributed by atoms with van der Waals surface area (Å²) in [5.41, 5.74) is 2.70. The molecule has 27 heavy (non-hydrogen) atoms. The van der Waals surface area contributed by atoms with Crippen LogP contribution in [0.5, 0.6) is 5.75 Å². The molecule has 0 spiro atoms. The third-order valence-corrected chi connectivity index (χ3v) is 4.45. The van der Waals surface area contributed by atoms with Crippen LogP contribution in [0.1, 0.15) is 66.9 Å². The quantitative estimate of drug-likeness (QED) is 0.263. The summed E-state index contributed by atoms with van der Waals surface area (Å²) >= 11 is 0. The third-order valence-electron chi connectivity index (χ3n) is 4.45. The molecule has 0 aliphatic heterocycles. The average Bonchev–Trinajstić information content (AvgIpc) is 2.72. The molecule has 0 heterocycles. The molecule has 0 aliphatic rings. The summed E-state index contributed by atoms with van der Waals surface area (Å²) in [7, 11) is 1.39. The van der Waals surface area contributed by atoms with E-state index in [1.165, 1.54) is 39.2 Å². The number of carbonyl (C=O) groups excluding carboxylic acids is 1. The molecule has 2 aromatic rings. The minimum atomic E-state index is -0.318. The minimum Gasteiger partial charge on any atom is -0.494 e. The number of unbranched alkanes of at least 4 members (excludes halogenated alkanes) is 5. The van der Waals surface area contributed by atoms with Gasteiger partial charge in [-0.25, -0.2) is 4.79 Å². The van der Waals surface area contributed by atoms with Crippen LogP contribution in [-0.2, 0) is 4.74 Å². The number of carbonyl (C=O) groups is 1. The van der Waals surface area contributed by atoms with Gasteiger partial charge >= 0.3 is 5.97 Å². The standard InChI is InChI=1S/C24H30O3/c1-3-4-5-6-7-8-19-27-23-17-13-21(14-18-23)10-9-20-11-15-22(16-12-20)24(25)26-2/h9-18H,3-8,19H2,1-2H3/b10-9+. The van der Waals surface area contributed by atoms with E-state index in [0.717, 1.165) is 29.9 Å². The second-order valence-corrected chi connectivity index (χ2v) is 6.63. The summed E-state index contributed by atoms with van der Waals surface area (Å²) in [6.07, 6.45) is 11.7. The van der Waals surface area contributed by atoms with Crippen molar-refractivity contribution in [3.05, 3.63) is 65.2 Å². The van der Waals surface area contributed by atoms with E-state index in [4.69, 9.17) is 9.47 Å². The molecule has 2 aromatic carbocycles. The highest BCUT2D eigenvalue weighted by Gasteiger charge is 2.03. The maximum atomic E-state index is 11.4. The van der Waals surface area contributed by atoms with Crippen LogP contribution in [0.15, 0.2) is 48.5 Å². The van der Waals surface area contributed by atoms with Crippen molar-refractivity contribution >= 4 is 18.1 Å². The molecule has 0 N–H and O–H groups in total. The first-order valence-electron chi connectivity index (χ1n) is 9.82. The molecular weight excluding hydrogens is 336 g/mol. The van der Waals surface area contributed by atoms with Gasteiger partial charge in [0.25, 0.3) is 0 Å². The van der Waals surface area contributed by atoms with Crippen molar-refractivity contribution in [2.45, 2.75) is 45.4 Å². The molecule has 144 valence electrons. The Labute approximate surface area is 163 Å². The number of ether oxygens (including phenoxy) is 2. The lowest BCUT2D eigenvalue weighted by Gasteiger charge is -2.06. The summed E-state index contributed by atoms with van der Waals surface area (Å²) in [6.45, 7) is 3.02. The molecule has 0 aliphatic carbocycles. The normalized spacial score (nSPS) is 10.9. The van der Waals surface area contributed by atoms with Gasteiger partial charge in [0.1, 0.15) is 5.75 Å². The van der Waals surface area contributed by atoms with Crippen LogP contribution in [0, 0.1) is 0 Å². The highest BCUT2D eigenvalue weighted by Crippen LogP contribution is 2.16. The molecule has 0 radical (unpaired) electrons. The summed E-state index contributed by atoms with van der Waals surface area (Å²) < 4.78 is 10.5. The van der Waals surface area contributed by atoms with Crippen LogP contribution in [-0.4, -0.2) is 19.7 Å². The van der Waals surface area contributed by atoms with E-state index in [2.05, 4.69) is 19.1 Å². The smallest absolute Gasteiger partial charge is 0.337 e. The SMILES string of the molecule is CCCCCCCCOc1ccc(/C=C/c2ccc(C(=O)OC)cc2)cc1. The molecule has 0 fully saturated rings.